The first-order chi connectivity index (χ1) is 15.9. The number of aliphatic hydroxyl groups excluding tert-OH is 1. The van der Waals surface area contributed by atoms with Crippen LogP contribution in [-0.4, -0.2) is 49.6 Å². The van der Waals surface area contributed by atoms with Crippen molar-refractivity contribution in [3.05, 3.63) is 88.8 Å². The van der Waals surface area contributed by atoms with Crippen LogP contribution in [0.15, 0.2) is 60.7 Å². The lowest BCUT2D eigenvalue weighted by Crippen LogP contribution is -2.31. The number of nitrogens with zero attached hydrogens (tertiary/aromatic N) is 3. The summed E-state index contributed by atoms with van der Waals surface area (Å²) in [4.78, 5) is 13.5. The lowest BCUT2D eigenvalue weighted by molar-refractivity contribution is -0.124. The fourth-order valence-electron chi connectivity index (χ4n) is 4.57. The van der Waals surface area contributed by atoms with Gasteiger partial charge in [-0.05, 0) is 61.6 Å². The Morgan fingerprint density at radius 3 is 2.58 bits per heavy atom. The summed E-state index contributed by atoms with van der Waals surface area (Å²) >= 11 is 0. The predicted molar refractivity (Wildman–Crippen MR) is 127 cm³/mol. The van der Waals surface area contributed by atoms with E-state index in [1.807, 2.05) is 47.1 Å². The molecule has 0 unspecified atom stereocenters. The highest BCUT2D eigenvalue weighted by atomic mass is 16.5. The third-order valence-electron chi connectivity index (χ3n) is 6.29. The van der Waals surface area contributed by atoms with Crippen molar-refractivity contribution in [2.75, 3.05) is 6.54 Å². The number of nitrogens with one attached hydrogen (secondary N) is 1. The maximum absolute atomic E-state index is 11.1. The number of amides is 1. The zero-order valence-corrected chi connectivity index (χ0v) is 19.0. The van der Waals surface area contributed by atoms with Gasteiger partial charge in [-0.3, -0.25) is 14.9 Å². The smallest absolute Gasteiger partial charge is 0.267 e. The average molecular weight is 447 g/mol. The molecule has 2 atom stereocenters. The predicted octanol–water partition coefficient (Wildman–Crippen LogP) is 3.19. The Kier molecular flexibility index (Phi) is 7.03. The second kappa shape index (κ2) is 10.1. The van der Waals surface area contributed by atoms with E-state index in [4.69, 9.17) is 10.3 Å². The van der Waals surface area contributed by atoms with Gasteiger partial charge in [-0.15, -0.1) is 0 Å². The van der Waals surface area contributed by atoms with E-state index in [0.29, 0.717) is 6.54 Å². The lowest BCUT2D eigenvalue weighted by Gasteiger charge is -2.24. The number of aryl methyl sites for hydroxylation is 1. The van der Waals surface area contributed by atoms with Crippen LogP contribution in [-0.2, 0) is 17.8 Å². The minimum atomic E-state index is -0.561. The van der Waals surface area contributed by atoms with Gasteiger partial charge in [-0.25, -0.2) is 10.2 Å². The summed E-state index contributed by atoms with van der Waals surface area (Å²) in [7, 11) is 0. The molecular weight excluding hydrogens is 416 g/mol. The molecule has 0 bridgehead atoms. The molecule has 1 aliphatic rings. The molecule has 0 spiro atoms. The quantitative estimate of drug-likeness (QED) is 0.295. The Hall–Kier alpha value is -3.26. The Bertz CT molecular complexity index is 1120. The molecule has 2 aromatic carbocycles. The highest BCUT2D eigenvalue weighted by molar-refractivity contribution is 5.90. The maximum Gasteiger partial charge on any atom is 0.267 e. The number of hydroxylamine groups is 1. The summed E-state index contributed by atoms with van der Waals surface area (Å²) < 4.78 is 2.00. The monoisotopic (exact) mass is 446 g/mol. The van der Waals surface area contributed by atoms with Crippen molar-refractivity contribution < 1.29 is 15.1 Å². The molecule has 1 aliphatic heterocycles. The van der Waals surface area contributed by atoms with Crippen molar-refractivity contribution in [3.63, 3.8) is 0 Å². The van der Waals surface area contributed by atoms with E-state index in [1.54, 1.807) is 11.6 Å². The van der Waals surface area contributed by atoms with E-state index in [2.05, 4.69) is 30.9 Å². The molecule has 0 aliphatic carbocycles. The molecular formula is C26H30N4O3. The van der Waals surface area contributed by atoms with E-state index < -0.39 is 5.91 Å². The van der Waals surface area contributed by atoms with Crippen LogP contribution in [0.5, 0.6) is 0 Å². The molecule has 33 heavy (non-hydrogen) atoms. The van der Waals surface area contributed by atoms with Gasteiger partial charge in [-0.2, -0.15) is 5.10 Å². The van der Waals surface area contributed by atoms with Crippen LogP contribution in [0.4, 0.5) is 0 Å². The molecule has 1 amide bonds. The van der Waals surface area contributed by atoms with Gasteiger partial charge in [0.2, 0.25) is 0 Å². The van der Waals surface area contributed by atoms with Crippen LogP contribution < -0.4 is 5.48 Å². The number of hydrogen-bond donors (Lipinski definition) is 3. The number of benzene rings is 2. The summed E-state index contributed by atoms with van der Waals surface area (Å²) in [5, 5.41) is 23.8. The van der Waals surface area contributed by atoms with Gasteiger partial charge >= 0.3 is 0 Å². The van der Waals surface area contributed by atoms with Gasteiger partial charge in [0.25, 0.3) is 5.91 Å². The number of β-amino-alcohol motifs (C(OH)–C–C–N with tert-alkyl or cyclic N) is 1. The first-order valence-electron chi connectivity index (χ1n) is 11.2. The van der Waals surface area contributed by atoms with E-state index in [0.717, 1.165) is 47.6 Å². The number of aromatic nitrogens is 2. The summed E-state index contributed by atoms with van der Waals surface area (Å²) in [6, 6.07) is 18.3. The molecule has 3 N–H and O–H groups in total. The van der Waals surface area contributed by atoms with Gasteiger partial charge in [0.15, 0.2) is 0 Å². The normalized spacial score (nSPS) is 18.8. The number of aliphatic hydroxyl groups is 1. The van der Waals surface area contributed by atoms with Gasteiger partial charge < -0.3 is 5.11 Å². The van der Waals surface area contributed by atoms with E-state index in [-0.39, 0.29) is 12.1 Å². The van der Waals surface area contributed by atoms with Crippen LogP contribution in [0.25, 0.3) is 11.8 Å². The lowest BCUT2D eigenvalue weighted by atomic mass is 10.0. The largest absolute Gasteiger partial charge is 0.392 e. The summed E-state index contributed by atoms with van der Waals surface area (Å²) in [5.74, 6) is -0.561. The van der Waals surface area contributed by atoms with Crippen LogP contribution in [0.3, 0.4) is 0 Å². The Morgan fingerprint density at radius 1 is 1.15 bits per heavy atom. The standard InChI is InChI=1S/C26H30N4O3/c1-18-25(19(2)30(27-18)22-6-4-3-5-7-22)15-23-14-24(31)17-29(23)16-21-10-8-20(9-11-21)12-13-26(32)28-33/h3-13,23-24,31,33H,14-17H2,1-2H3,(H,28,32)/t23-,24+/m1/s1. The fourth-order valence-corrected chi connectivity index (χ4v) is 4.57. The minimum absolute atomic E-state index is 0.235. The van der Waals surface area contributed by atoms with Crippen LogP contribution in [0.2, 0.25) is 0 Å². The van der Waals surface area contributed by atoms with Crippen molar-refractivity contribution >= 4 is 12.0 Å². The molecule has 2 heterocycles. The minimum Gasteiger partial charge on any atom is -0.392 e. The van der Waals surface area contributed by atoms with Crippen molar-refractivity contribution in [1.29, 1.82) is 0 Å². The van der Waals surface area contributed by atoms with Crippen molar-refractivity contribution in [2.24, 2.45) is 0 Å². The summed E-state index contributed by atoms with van der Waals surface area (Å²) in [5.41, 5.74) is 8.07. The number of para-hydroxylation sites is 1. The van der Waals surface area contributed by atoms with Crippen LogP contribution in [0.1, 0.15) is 34.5 Å². The van der Waals surface area contributed by atoms with Crippen molar-refractivity contribution in [3.8, 4) is 5.69 Å². The third-order valence-corrected chi connectivity index (χ3v) is 6.29. The summed E-state index contributed by atoms with van der Waals surface area (Å²) in [6.07, 6.45) is 4.18. The van der Waals surface area contributed by atoms with E-state index in [9.17, 15) is 9.90 Å². The molecule has 0 radical (unpaired) electrons. The third kappa shape index (κ3) is 5.39. The molecule has 3 aromatic rings. The highest BCUT2D eigenvalue weighted by Crippen LogP contribution is 2.27. The van der Waals surface area contributed by atoms with E-state index >= 15 is 0 Å². The fraction of sp³-hybridized carbons (Fsp3) is 0.308. The molecule has 172 valence electrons. The van der Waals surface area contributed by atoms with Gasteiger partial charge in [0, 0.05) is 30.9 Å². The number of carbonyl (C=O) groups excluding carboxylic acids is 1. The SMILES string of the molecule is Cc1nn(-c2ccccc2)c(C)c1C[C@H]1C[C@H](O)CN1Cc1ccc(C=CC(=O)NO)cc1. The number of rotatable bonds is 7. The van der Waals surface area contributed by atoms with Crippen molar-refractivity contribution in [1.82, 2.24) is 20.2 Å². The molecule has 7 nitrogen and oxygen atoms in total. The Labute approximate surface area is 193 Å². The Morgan fingerprint density at radius 2 is 1.88 bits per heavy atom. The first-order valence-corrected chi connectivity index (χ1v) is 11.2. The second-order valence-corrected chi connectivity index (χ2v) is 8.62. The number of hydrogen-bond acceptors (Lipinski definition) is 5. The Balaban J connectivity index is 1.47. The zero-order chi connectivity index (χ0) is 23.4. The van der Waals surface area contributed by atoms with Gasteiger partial charge in [-0.1, -0.05) is 42.5 Å². The summed E-state index contributed by atoms with van der Waals surface area (Å²) in [6.45, 7) is 5.56. The molecule has 4 rings (SSSR count). The zero-order valence-electron chi connectivity index (χ0n) is 19.0. The average Bonchev–Trinajstić information content (AvgIpc) is 3.32. The van der Waals surface area contributed by atoms with Crippen LogP contribution >= 0.6 is 0 Å². The second-order valence-electron chi connectivity index (χ2n) is 8.62. The van der Waals surface area contributed by atoms with Crippen molar-refractivity contribution in [2.45, 2.75) is 45.4 Å². The molecule has 7 heteroatoms. The van der Waals surface area contributed by atoms with Gasteiger partial charge in [0.05, 0.1) is 17.5 Å². The maximum atomic E-state index is 11.1. The first kappa shape index (κ1) is 22.9. The number of carbonyl (C=O) groups is 1. The number of likely N-dealkylation sites (tertiary alicyclic amines) is 1. The molecule has 1 aromatic heterocycles. The molecule has 0 saturated carbocycles. The topological polar surface area (TPSA) is 90.6 Å². The van der Waals surface area contributed by atoms with E-state index in [1.165, 1.54) is 11.6 Å². The van der Waals surface area contributed by atoms with Gasteiger partial charge in [0.1, 0.15) is 0 Å². The molecule has 1 saturated heterocycles. The van der Waals surface area contributed by atoms with Crippen LogP contribution in [0, 0.1) is 13.8 Å². The molecule has 1 fully saturated rings. The highest BCUT2D eigenvalue weighted by Gasteiger charge is 2.32.